The van der Waals surface area contributed by atoms with Crippen LogP contribution in [0.25, 0.3) is 0 Å². The average Bonchev–Trinajstić information content (AvgIpc) is 2.65. The van der Waals surface area contributed by atoms with Gasteiger partial charge in [0.2, 0.25) is 17.7 Å². The van der Waals surface area contributed by atoms with E-state index >= 15 is 0 Å². The monoisotopic (exact) mass is 421 g/mol. The Bertz CT molecular complexity index is 436. The van der Waals surface area contributed by atoms with Crippen LogP contribution in [-0.4, -0.2) is 86.9 Å². The summed E-state index contributed by atoms with van der Waals surface area (Å²) in [7, 11) is 0. The summed E-state index contributed by atoms with van der Waals surface area (Å²) in [6.07, 6.45) is 2.05. The van der Waals surface area contributed by atoms with Crippen LogP contribution in [0.2, 0.25) is 0 Å². The molecule has 9 heteroatoms. The first-order valence-corrected chi connectivity index (χ1v) is 12.6. The predicted molar refractivity (Wildman–Crippen MR) is 113 cm³/mol. The molecule has 0 N–H and O–H groups in total. The molecule has 3 amide bonds. The topological polar surface area (TPSA) is 60.9 Å². The van der Waals surface area contributed by atoms with Gasteiger partial charge >= 0.3 is 0 Å². The maximum absolute atomic E-state index is 12.5. The van der Waals surface area contributed by atoms with Crippen LogP contribution in [0.1, 0.15) is 33.6 Å². The first-order valence-electron chi connectivity index (χ1n) is 9.09. The van der Waals surface area contributed by atoms with Gasteiger partial charge in [0.1, 0.15) is 0 Å². The molecule has 1 aliphatic heterocycles. The molecule has 150 valence electrons. The Balaban J connectivity index is 2.72. The lowest BCUT2D eigenvalue weighted by Gasteiger charge is -2.42. The van der Waals surface area contributed by atoms with Crippen LogP contribution in [0.5, 0.6) is 0 Å². The second-order valence-corrected chi connectivity index (χ2v) is 9.45. The molecule has 1 saturated heterocycles. The third kappa shape index (κ3) is 8.43. The highest BCUT2D eigenvalue weighted by atomic mass is 32.2. The maximum atomic E-state index is 12.5. The van der Waals surface area contributed by atoms with Crippen LogP contribution in [-0.2, 0) is 14.4 Å². The van der Waals surface area contributed by atoms with E-state index < -0.39 is 0 Å². The number of thioether (sulfide) groups is 3. The lowest BCUT2D eigenvalue weighted by atomic mass is 10.4. The van der Waals surface area contributed by atoms with Crippen LogP contribution in [0.3, 0.4) is 0 Å². The van der Waals surface area contributed by atoms with E-state index in [2.05, 4.69) is 13.8 Å². The zero-order valence-corrected chi connectivity index (χ0v) is 18.5. The summed E-state index contributed by atoms with van der Waals surface area (Å²) in [6.45, 7) is 7.01. The highest BCUT2D eigenvalue weighted by Crippen LogP contribution is 2.15. The second kappa shape index (κ2) is 13.6. The molecule has 0 unspecified atom stereocenters. The van der Waals surface area contributed by atoms with Crippen molar-refractivity contribution in [3.8, 4) is 0 Å². The van der Waals surface area contributed by atoms with Crippen molar-refractivity contribution in [2.75, 3.05) is 54.5 Å². The SMILES string of the molecule is CCCSCC(=O)N1CN(C(=O)CSCC)CN(C(=O)CSCCC)C1. The number of nitrogens with zero attached hydrogens (tertiary/aromatic N) is 3. The van der Waals surface area contributed by atoms with Crippen molar-refractivity contribution in [3.05, 3.63) is 0 Å². The molecule has 0 atom stereocenters. The third-order valence-electron chi connectivity index (χ3n) is 3.66. The van der Waals surface area contributed by atoms with Gasteiger partial charge in [-0.15, -0.1) is 0 Å². The molecule has 0 aromatic carbocycles. The zero-order valence-electron chi connectivity index (χ0n) is 16.1. The molecule has 0 aromatic rings. The van der Waals surface area contributed by atoms with Gasteiger partial charge in [0.25, 0.3) is 0 Å². The van der Waals surface area contributed by atoms with Crippen LogP contribution in [0.4, 0.5) is 0 Å². The van der Waals surface area contributed by atoms with Crippen LogP contribution in [0, 0.1) is 0 Å². The Morgan fingerprint density at radius 2 is 1.00 bits per heavy atom. The quantitative estimate of drug-likeness (QED) is 0.478. The van der Waals surface area contributed by atoms with E-state index in [1.807, 2.05) is 6.92 Å². The predicted octanol–water partition coefficient (Wildman–Crippen LogP) is 2.40. The zero-order chi connectivity index (χ0) is 19.4. The van der Waals surface area contributed by atoms with Gasteiger partial charge in [-0.1, -0.05) is 20.8 Å². The minimum absolute atomic E-state index is 0.0110. The number of carbonyl (C=O) groups is 3. The number of amides is 3. The molecule has 0 aliphatic carbocycles. The summed E-state index contributed by atoms with van der Waals surface area (Å²) >= 11 is 4.75. The molecule has 0 aromatic heterocycles. The van der Waals surface area contributed by atoms with Crippen molar-refractivity contribution in [1.29, 1.82) is 0 Å². The molecule has 0 bridgehead atoms. The van der Waals surface area contributed by atoms with Gasteiger partial charge in [0.05, 0.1) is 37.3 Å². The number of rotatable bonds is 11. The van der Waals surface area contributed by atoms with Crippen molar-refractivity contribution in [1.82, 2.24) is 14.7 Å². The molecule has 1 fully saturated rings. The van der Waals surface area contributed by atoms with Crippen LogP contribution in [0.15, 0.2) is 0 Å². The fourth-order valence-corrected chi connectivity index (χ4v) is 4.44. The summed E-state index contributed by atoms with van der Waals surface area (Å²) in [6, 6.07) is 0. The van der Waals surface area contributed by atoms with E-state index in [0.717, 1.165) is 30.1 Å². The molecule has 1 aliphatic rings. The largest absolute Gasteiger partial charge is 0.306 e. The first-order chi connectivity index (χ1) is 12.5. The van der Waals surface area contributed by atoms with E-state index in [0.29, 0.717) is 17.3 Å². The van der Waals surface area contributed by atoms with E-state index in [1.165, 1.54) is 0 Å². The van der Waals surface area contributed by atoms with Crippen molar-refractivity contribution >= 4 is 53.0 Å². The molecule has 1 rings (SSSR count). The standard InChI is InChI=1S/C17H31N3O3S3/c1-4-7-25-10-16(22)19-12-18(15(21)9-24-6-3)13-20(14-19)17(23)11-26-8-5-2/h4-14H2,1-3H3. The molecule has 0 saturated carbocycles. The van der Waals surface area contributed by atoms with Gasteiger partial charge in [0, 0.05) is 0 Å². The molecule has 6 nitrogen and oxygen atoms in total. The smallest absolute Gasteiger partial charge is 0.235 e. The molecule has 26 heavy (non-hydrogen) atoms. The summed E-state index contributed by atoms with van der Waals surface area (Å²) in [5, 5.41) is 0. The second-order valence-electron chi connectivity index (χ2n) is 5.97. The summed E-state index contributed by atoms with van der Waals surface area (Å²) in [5.74, 6) is 3.87. The minimum atomic E-state index is -0.0189. The summed E-state index contributed by atoms with van der Waals surface area (Å²) in [4.78, 5) is 42.3. The lowest BCUT2D eigenvalue weighted by Crippen LogP contribution is -2.60. The maximum Gasteiger partial charge on any atom is 0.235 e. The normalized spacial score (nSPS) is 14.7. The molecular weight excluding hydrogens is 390 g/mol. The van der Waals surface area contributed by atoms with E-state index in [-0.39, 0.29) is 37.7 Å². The van der Waals surface area contributed by atoms with Gasteiger partial charge in [-0.25, -0.2) is 0 Å². The van der Waals surface area contributed by atoms with E-state index in [1.54, 1.807) is 50.0 Å². The summed E-state index contributed by atoms with van der Waals surface area (Å²) < 4.78 is 0. The molecule has 0 spiro atoms. The van der Waals surface area contributed by atoms with E-state index in [4.69, 9.17) is 0 Å². The van der Waals surface area contributed by atoms with Crippen LogP contribution < -0.4 is 0 Å². The summed E-state index contributed by atoms with van der Waals surface area (Å²) in [5.41, 5.74) is 0. The third-order valence-corrected chi connectivity index (χ3v) is 6.82. The van der Waals surface area contributed by atoms with Crippen molar-refractivity contribution in [2.45, 2.75) is 33.6 Å². The molecule has 1 heterocycles. The Kier molecular flexibility index (Phi) is 12.3. The number of hydrogen-bond acceptors (Lipinski definition) is 6. The fraction of sp³-hybridized carbons (Fsp3) is 0.824. The van der Waals surface area contributed by atoms with Crippen molar-refractivity contribution in [3.63, 3.8) is 0 Å². The molecule has 0 radical (unpaired) electrons. The lowest BCUT2D eigenvalue weighted by molar-refractivity contribution is -0.155. The Morgan fingerprint density at radius 1 is 0.654 bits per heavy atom. The van der Waals surface area contributed by atoms with E-state index in [9.17, 15) is 14.4 Å². The van der Waals surface area contributed by atoms with Crippen molar-refractivity contribution in [2.24, 2.45) is 0 Å². The van der Waals surface area contributed by atoms with Gasteiger partial charge in [-0.2, -0.15) is 35.3 Å². The first kappa shape index (κ1) is 23.5. The van der Waals surface area contributed by atoms with Gasteiger partial charge < -0.3 is 14.7 Å². The van der Waals surface area contributed by atoms with Gasteiger partial charge in [-0.05, 0) is 30.1 Å². The highest BCUT2D eigenvalue weighted by Gasteiger charge is 2.31. The highest BCUT2D eigenvalue weighted by molar-refractivity contribution is 8.00. The molecular formula is C17H31N3O3S3. The van der Waals surface area contributed by atoms with Crippen LogP contribution >= 0.6 is 35.3 Å². The minimum Gasteiger partial charge on any atom is -0.306 e. The number of hydrogen-bond donors (Lipinski definition) is 0. The Labute approximate surface area is 170 Å². The Morgan fingerprint density at radius 3 is 1.31 bits per heavy atom. The Hall–Kier alpha value is -0.540. The fourth-order valence-electron chi connectivity index (χ4n) is 2.30. The van der Waals surface area contributed by atoms with Gasteiger partial charge in [0.15, 0.2) is 0 Å². The van der Waals surface area contributed by atoms with Crippen molar-refractivity contribution < 1.29 is 14.4 Å². The van der Waals surface area contributed by atoms with Gasteiger partial charge in [-0.3, -0.25) is 14.4 Å². The average molecular weight is 422 g/mol. The number of carbonyl (C=O) groups excluding carboxylic acids is 3.